The van der Waals surface area contributed by atoms with Gasteiger partial charge in [-0.2, -0.15) is 0 Å². The molecule has 0 aliphatic carbocycles. The first-order chi connectivity index (χ1) is 11.6. The van der Waals surface area contributed by atoms with Crippen molar-refractivity contribution in [3.05, 3.63) is 68.9 Å². The number of ether oxygens (including phenoxy) is 1. The van der Waals surface area contributed by atoms with E-state index in [1.807, 2.05) is 12.1 Å². The number of rotatable bonds is 6. The van der Waals surface area contributed by atoms with Crippen molar-refractivity contribution < 1.29 is 4.74 Å². The highest BCUT2D eigenvalue weighted by molar-refractivity contribution is 7.98. The summed E-state index contributed by atoms with van der Waals surface area (Å²) in [4.78, 5) is 4.38. The molecule has 1 N–H and O–H groups in total. The van der Waals surface area contributed by atoms with Crippen molar-refractivity contribution in [3.8, 4) is 5.75 Å². The molecule has 4 nitrogen and oxygen atoms in total. The average Bonchev–Trinajstić information content (AvgIpc) is 3.01. The largest absolute Gasteiger partial charge is 0.486 e. The summed E-state index contributed by atoms with van der Waals surface area (Å²) in [6.07, 6.45) is 0. The first-order valence-corrected chi connectivity index (χ1v) is 9.08. The van der Waals surface area contributed by atoms with Gasteiger partial charge in [-0.3, -0.25) is 5.10 Å². The van der Waals surface area contributed by atoms with E-state index in [1.54, 1.807) is 30.3 Å². The van der Waals surface area contributed by atoms with Gasteiger partial charge in [0.25, 0.3) is 0 Å². The molecule has 0 bridgehead atoms. The van der Waals surface area contributed by atoms with E-state index < -0.39 is 0 Å². The Hall–Kier alpha value is -1.40. The maximum absolute atomic E-state index is 6.15. The van der Waals surface area contributed by atoms with Crippen LogP contribution in [0.4, 0.5) is 0 Å². The Balaban J connectivity index is 1.54. The average molecular weight is 401 g/mol. The van der Waals surface area contributed by atoms with Crippen LogP contribution in [0.3, 0.4) is 0 Å². The molecule has 1 aromatic heterocycles. The highest BCUT2D eigenvalue weighted by atomic mass is 35.5. The van der Waals surface area contributed by atoms with E-state index in [0.29, 0.717) is 38.4 Å². The lowest BCUT2D eigenvalue weighted by Gasteiger charge is -2.03. The van der Waals surface area contributed by atoms with E-state index in [9.17, 15) is 0 Å². The minimum absolute atomic E-state index is 0.302. The number of nitrogens with one attached hydrogen (secondary N) is 1. The van der Waals surface area contributed by atoms with Crippen LogP contribution < -0.4 is 4.74 Å². The van der Waals surface area contributed by atoms with Crippen molar-refractivity contribution in [2.75, 3.05) is 0 Å². The molecule has 2 aromatic carbocycles. The lowest BCUT2D eigenvalue weighted by molar-refractivity contribution is 0.296. The summed E-state index contributed by atoms with van der Waals surface area (Å²) in [5.74, 6) is 2.03. The number of nitrogens with zero attached hydrogens (tertiary/aromatic N) is 2. The quantitative estimate of drug-likeness (QED) is 0.544. The predicted octanol–water partition coefficient (Wildman–Crippen LogP) is 5.64. The second-order valence-corrected chi connectivity index (χ2v) is 7.05. The summed E-state index contributed by atoms with van der Waals surface area (Å²) in [6, 6.07) is 12.6. The third-order valence-corrected chi connectivity index (χ3v) is 4.81. The van der Waals surface area contributed by atoms with E-state index in [1.165, 1.54) is 11.8 Å². The molecule has 0 aliphatic rings. The van der Waals surface area contributed by atoms with E-state index in [0.717, 1.165) is 11.3 Å². The molecule has 0 saturated carbocycles. The van der Waals surface area contributed by atoms with Crippen molar-refractivity contribution in [3.63, 3.8) is 0 Å². The Morgan fingerprint density at radius 1 is 1.00 bits per heavy atom. The van der Waals surface area contributed by atoms with Crippen molar-refractivity contribution in [2.45, 2.75) is 17.5 Å². The SMILES string of the molecule is Clc1ccc(OCc2nc(SCc3ccc(Cl)cc3Cl)n[nH]2)cc1. The van der Waals surface area contributed by atoms with Crippen molar-refractivity contribution in [2.24, 2.45) is 0 Å². The van der Waals surface area contributed by atoms with Crippen LogP contribution in [0.1, 0.15) is 11.4 Å². The smallest absolute Gasteiger partial charge is 0.208 e. The molecule has 8 heteroatoms. The molecule has 0 spiro atoms. The summed E-state index contributed by atoms with van der Waals surface area (Å²) in [5, 5.41) is 9.58. The number of halogens is 3. The van der Waals surface area contributed by atoms with Crippen LogP contribution in [-0.4, -0.2) is 15.2 Å². The Bertz CT molecular complexity index is 824. The Morgan fingerprint density at radius 3 is 2.50 bits per heavy atom. The van der Waals surface area contributed by atoms with Gasteiger partial charge in [0.1, 0.15) is 12.4 Å². The summed E-state index contributed by atoms with van der Waals surface area (Å²) in [6.45, 7) is 0.302. The molecule has 0 saturated heterocycles. The van der Waals surface area contributed by atoms with Crippen LogP contribution in [0, 0.1) is 0 Å². The fraction of sp³-hybridized carbons (Fsp3) is 0.125. The van der Waals surface area contributed by atoms with E-state index >= 15 is 0 Å². The lowest BCUT2D eigenvalue weighted by Crippen LogP contribution is -1.97. The minimum Gasteiger partial charge on any atom is -0.486 e. The van der Waals surface area contributed by atoms with Gasteiger partial charge in [0.2, 0.25) is 5.16 Å². The first kappa shape index (κ1) is 17.4. The third-order valence-electron chi connectivity index (χ3n) is 3.07. The second-order valence-electron chi connectivity index (χ2n) is 4.83. The number of aromatic amines is 1. The normalized spacial score (nSPS) is 10.8. The van der Waals surface area contributed by atoms with Crippen LogP contribution in [0.15, 0.2) is 47.6 Å². The number of H-pyrrole nitrogens is 1. The monoisotopic (exact) mass is 399 g/mol. The van der Waals surface area contributed by atoms with Crippen molar-refractivity contribution >= 4 is 46.6 Å². The molecular weight excluding hydrogens is 389 g/mol. The molecular formula is C16H12Cl3N3OS. The van der Waals surface area contributed by atoms with Crippen molar-refractivity contribution in [1.82, 2.24) is 15.2 Å². The standard InChI is InChI=1S/C16H12Cl3N3OS/c17-11-3-5-13(6-4-11)23-8-15-20-16(22-21-15)24-9-10-1-2-12(18)7-14(10)19/h1-7H,8-9H2,(H,20,21,22). The number of benzene rings is 2. The van der Waals surface area contributed by atoms with E-state index in [2.05, 4.69) is 15.2 Å². The summed E-state index contributed by atoms with van der Waals surface area (Å²) in [5.41, 5.74) is 0.981. The number of aromatic nitrogens is 3. The molecule has 124 valence electrons. The number of hydrogen-bond acceptors (Lipinski definition) is 4. The molecule has 3 rings (SSSR count). The molecule has 0 radical (unpaired) electrons. The van der Waals surface area contributed by atoms with E-state index in [4.69, 9.17) is 39.5 Å². The summed E-state index contributed by atoms with van der Waals surface area (Å²) < 4.78 is 5.62. The molecule has 0 unspecified atom stereocenters. The topological polar surface area (TPSA) is 50.8 Å². The van der Waals surface area contributed by atoms with Crippen LogP contribution >= 0.6 is 46.6 Å². The van der Waals surface area contributed by atoms with Gasteiger partial charge >= 0.3 is 0 Å². The molecule has 1 heterocycles. The van der Waals surface area contributed by atoms with Gasteiger partial charge in [0, 0.05) is 20.8 Å². The van der Waals surface area contributed by atoms with Gasteiger partial charge in [-0.25, -0.2) is 4.98 Å². The predicted molar refractivity (Wildman–Crippen MR) is 98.2 cm³/mol. The fourth-order valence-corrected chi connectivity index (χ4v) is 3.37. The van der Waals surface area contributed by atoms with Gasteiger partial charge in [-0.05, 0) is 42.0 Å². The van der Waals surface area contributed by atoms with Gasteiger partial charge < -0.3 is 4.74 Å². The minimum atomic E-state index is 0.302. The van der Waals surface area contributed by atoms with Gasteiger partial charge in [0.15, 0.2) is 5.82 Å². The number of hydrogen-bond donors (Lipinski definition) is 1. The summed E-state index contributed by atoms with van der Waals surface area (Å²) >= 11 is 19.4. The number of thioether (sulfide) groups is 1. The highest BCUT2D eigenvalue weighted by Crippen LogP contribution is 2.27. The Morgan fingerprint density at radius 2 is 1.75 bits per heavy atom. The van der Waals surface area contributed by atoms with Gasteiger partial charge in [-0.1, -0.05) is 52.6 Å². The molecule has 0 fully saturated rings. The molecule has 0 amide bonds. The molecule has 24 heavy (non-hydrogen) atoms. The van der Waals surface area contributed by atoms with Crippen LogP contribution in [-0.2, 0) is 12.4 Å². The maximum atomic E-state index is 6.15. The first-order valence-electron chi connectivity index (χ1n) is 6.96. The van der Waals surface area contributed by atoms with Gasteiger partial charge in [-0.15, -0.1) is 5.10 Å². The Kier molecular flexibility index (Phi) is 5.89. The van der Waals surface area contributed by atoms with Crippen LogP contribution in [0.25, 0.3) is 0 Å². The lowest BCUT2D eigenvalue weighted by atomic mass is 10.2. The zero-order valence-corrected chi connectivity index (χ0v) is 15.4. The molecule has 3 aromatic rings. The highest BCUT2D eigenvalue weighted by Gasteiger charge is 2.07. The third kappa shape index (κ3) is 4.80. The Labute approximate surface area is 158 Å². The zero-order valence-electron chi connectivity index (χ0n) is 12.3. The van der Waals surface area contributed by atoms with Crippen molar-refractivity contribution in [1.29, 1.82) is 0 Å². The van der Waals surface area contributed by atoms with Crippen LogP contribution in [0.2, 0.25) is 15.1 Å². The zero-order chi connectivity index (χ0) is 16.9. The van der Waals surface area contributed by atoms with Crippen LogP contribution in [0.5, 0.6) is 5.75 Å². The fourth-order valence-electron chi connectivity index (χ4n) is 1.87. The molecule has 0 atom stereocenters. The van der Waals surface area contributed by atoms with Gasteiger partial charge in [0.05, 0.1) is 0 Å². The summed E-state index contributed by atoms with van der Waals surface area (Å²) in [7, 11) is 0. The maximum Gasteiger partial charge on any atom is 0.208 e. The van der Waals surface area contributed by atoms with E-state index in [-0.39, 0.29) is 0 Å². The second kappa shape index (κ2) is 8.12. The molecule has 0 aliphatic heterocycles.